The van der Waals surface area contributed by atoms with Crippen molar-refractivity contribution in [3.63, 3.8) is 0 Å². The molecule has 0 aliphatic heterocycles. The largest absolute Gasteiger partial charge is 0.326 e. The van der Waals surface area contributed by atoms with Gasteiger partial charge in [0.25, 0.3) is 0 Å². The minimum absolute atomic E-state index is 0.0371. The van der Waals surface area contributed by atoms with Gasteiger partial charge in [-0.25, -0.2) is 0 Å². The summed E-state index contributed by atoms with van der Waals surface area (Å²) < 4.78 is 0. The molecular formula is C16H19N3O2. The van der Waals surface area contributed by atoms with Crippen LogP contribution in [0.2, 0.25) is 0 Å². The van der Waals surface area contributed by atoms with Crippen molar-refractivity contribution in [2.45, 2.75) is 25.3 Å². The van der Waals surface area contributed by atoms with Gasteiger partial charge in [0.1, 0.15) is 0 Å². The molecule has 0 spiro atoms. The molecule has 1 saturated carbocycles. The summed E-state index contributed by atoms with van der Waals surface area (Å²) in [6, 6.07) is 7.18. The number of carbonyl (C=O) groups is 2. The highest BCUT2D eigenvalue weighted by atomic mass is 16.2. The molecule has 2 aliphatic carbocycles. The smallest absolute Gasteiger partial charge is 0.231 e. The molecule has 4 N–H and O–H groups in total. The van der Waals surface area contributed by atoms with E-state index < -0.39 is 0 Å². The molecule has 5 nitrogen and oxygen atoms in total. The van der Waals surface area contributed by atoms with Gasteiger partial charge in [0, 0.05) is 23.3 Å². The first-order chi connectivity index (χ1) is 10.1. The average Bonchev–Trinajstić information content (AvgIpc) is 3.21. The molecule has 1 aromatic carbocycles. The van der Waals surface area contributed by atoms with E-state index in [-0.39, 0.29) is 29.7 Å². The van der Waals surface area contributed by atoms with Crippen molar-refractivity contribution >= 4 is 23.2 Å². The molecule has 2 unspecified atom stereocenters. The molecule has 0 heterocycles. The Morgan fingerprint density at radius 2 is 1.71 bits per heavy atom. The van der Waals surface area contributed by atoms with Gasteiger partial charge < -0.3 is 16.4 Å². The van der Waals surface area contributed by atoms with Gasteiger partial charge in [0.2, 0.25) is 11.8 Å². The molecule has 0 saturated heterocycles. The molecule has 1 aromatic rings. The number of hydrogen-bond acceptors (Lipinski definition) is 3. The third-order valence-corrected chi connectivity index (χ3v) is 3.80. The Morgan fingerprint density at radius 3 is 2.29 bits per heavy atom. The minimum atomic E-state index is -0.176. The summed E-state index contributed by atoms with van der Waals surface area (Å²) in [6.45, 7) is 0. The van der Waals surface area contributed by atoms with Crippen molar-refractivity contribution in [2.24, 2.45) is 17.6 Å². The van der Waals surface area contributed by atoms with E-state index in [0.29, 0.717) is 17.8 Å². The van der Waals surface area contributed by atoms with E-state index in [1.807, 2.05) is 30.4 Å². The van der Waals surface area contributed by atoms with Gasteiger partial charge in [-0.1, -0.05) is 18.2 Å². The third-order valence-electron chi connectivity index (χ3n) is 3.80. The third kappa shape index (κ3) is 3.49. The van der Waals surface area contributed by atoms with Crippen LogP contribution >= 0.6 is 0 Å². The second kappa shape index (κ2) is 5.69. The van der Waals surface area contributed by atoms with Crippen LogP contribution in [-0.2, 0) is 9.59 Å². The van der Waals surface area contributed by atoms with Crippen LogP contribution < -0.4 is 16.4 Å². The fraction of sp³-hybridized carbons (Fsp3) is 0.375. The topological polar surface area (TPSA) is 84.2 Å². The predicted molar refractivity (Wildman–Crippen MR) is 81.6 cm³/mol. The molecule has 2 amide bonds. The first-order valence-corrected chi connectivity index (χ1v) is 7.27. The first-order valence-electron chi connectivity index (χ1n) is 7.27. The number of benzene rings is 1. The second-order valence-electron chi connectivity index (χ2n) is 5.72. The number of anilines is 2. The summed E-state index contributed by atoms with van der Waals surface area (Å²) in [7, 11) is 0. The molecular weight excluding hydrogens is 266 g/mol. The van der Waals surface area contributed by atoms with Gasteiger partial charge >= 0.3 is 0 Å². The predicted octanol–water partition coefficient (Wildman–Crippen LogP) is 1.88. The zero-order valence-electron chi connectivity index (χ0n) is 11.7. The molecule has 110 valence electrons. The van der Waals surface area contributed by atoms with Gasteiger partial charge in [0.15, 0.2) is 0 Å². The number of nitrogens with two attached hydrogens (primary N) is 1. The summed E-state index contributed by atoms with van der Waals surface area (Å²) in [5, 5.41) is 5.74. The fourth-order valence-electron chi connectivity index (χ4n) is 2.42. The maximum atomic E-state index is 12.1. The lowest BCUT2D eigenvalue weighted by Gasteiger charge is -2.12. The lowest BCUT2D eigenvalue weighted by molar-refractivity contribution is -0.118. The van der Waals surface area contributed by atoms with Crippen molar-refractivity contribution in [1.29, 1.82) is 0 Å². The minimum Gasteiger partial charge on any atom is -0.326 e. The maximum Gasteiger partial charge on any atom is 0.231 e. The Hall–Kier alpha value is -2.14. The molecule has 21 heavy (non-hydrogen) atoms. The van der Waals surface area contributed by atoms with E-state index in [9.17, 15) is 9.59 Å². The Kier molecular flexibility index (Phi) is 3.75. The van der Waals surface area contributed by atoms with Crippen molar-refractivity contribution < 1.29 is 9.59 Å². The highest BCUT2D eigenvalue weighted by molar-refractivity contribution is 5.97. The van der Waals surface area contributed by atoms with Crippen molar-refractivity contribution in [3.05, 3.63) is 36.4 Å². The van der Waals surface area contributed by atoms with Crippen LogP contribution in [-0.4, -0.2) is 17.9 Å². The van der Waals surface area contributed by atoms with Gasteiger partial charge in [-0.05, 0) is 37.5 Å². The molecule has 0 aromatic heterocycles. The summed E-state index contributed by atoms with van der Waals surface area (Å²) in [5.41, 5.74) is 7.15. The highest BCUT2D eigenvalue weighted by Gasteiger charge is 2.29. The molecule has 3 rings (SSSR count). The van der Waals surface area contributed by atoms with E-state index in [4.69, 9.17) is 5.73 Å². The Morgan fingerprint density at radius 1 is 1.05 bits per heavy atom. The molecule has 0 bridgehead atoms. The normalized spacial score (nSPS) is 23.9. The zero-order valence-corrected chi connectivity index (χ0v) is 11.7. The van der Waals surface area contributed by atoms with Gasteiger partial charge in [0.05, 0.1) is 5.92 Å². The second-order valence-corrected chi connectivity index (χ2v) is 5.72. The van der Waals surface area contributed by atoms with Gasteiger partial charge in [-0.15, -0.1) is 0 Å². The van der Waals surface area contributed by atoms with Crippen LogP contribution in [0, 0.1) is 11.8 Å². The summed E-state index contributed by atoms with van der Waals surface area (Å²) in [6.07, 6.45) is 6.28. The van der Waals surface area contributed by atoms with Crippen LogP contribution in [0.1, 0.15) is 19.3 Å². The number of amides is 2. The number of carbonyl (C=O) groups excluding carboxylic acids is 2. The number of hydrogen-bond donors (Lipinski definition) is 3. The standard InChI is InChI=1S/C16H19N3O2/c17-12-7-6-11(8-12)16(21)19-14-3-1-2-13(9-14)18-15(20)10-4-5-10/h1-3,6-7,9-12H,4-5,8,17H2,(H,18,20)(H,19,21). The van der Waals surface area contributed by atoms with Crippen LogP contribution in [0.4, 0.5) is 11.4 Å². The first kappa shape index (κ1) is 13.8. The summed E-state index contributed by atoms with van der Waals surface area (Å²) >= 11 is 0. The molecule has 0 radical (unpaired) electrons. The van der Waals surface area contributed by atoms with Gasteiger partial charge in [-0.3, -0.25) is 9.59 Å². The van der Waals surface area contributed by atoms with E-state index in [0.717, 1.165) is 12.8 Å². The van der Waals surface area contributed by atoms with E-state index in [2.05, 4.69) is 10.6 Å². The van der Waals surface area contributed by atoms with Crippen molar-refractivity contribution in [3.8, 4) is 0 Å². The highest BCUT2D eigenvalue weighted by Crippen LogP contribution is 2.30. The average molecular weight is 285 g/mol. The molecule has 2 atom stereocenters. The van der Waals surface area contributed by atoms with Crippen molar-refractivity contribution in [1.82, 2.24) is 0 Å². The quantitative estimate of drug-likeness (QED) is 0.738. The van der Waals surface area contributed by atoms with Crippen LogP contribution in [0.15, 0.2) is 36.4 Å². The van der Waals surface area contributed by atoms with Crippen LogP contribution in [0.5, 0.6) is 0 Å². The van der Waals surface area contributed by atoms with E-state index in [1.54, 1.807) is 6.07 Å². The van der Waals surface area contributed by atoms with Crippen LogP contribution in [0.3, 0.4) is 0 Å². The lowest BCUT2D eigenvalue weighted by Crippen LogP contribution is -2.24. The monoisotopic (exact) mass is 285 g/mol. The Labute approximate surface area is 123 Å². The summed E-state index contributed by atoms with van der Waals surface area (Å²) in [4.78, 5) is 23.8. The summed E-state index contributed by atoms with van der Waals surface area (Å²) in [5.74, 6) is -0.0221. The van der Waals surface area contributed by atoms with Crippen molar-refractivity contribution in [2.75, 3.05) is 10.6 Å². The molecule has 5 heteroatoms. The van der Waals surface area contributed by atoms with Gasteiger partial charge in [-0.2, -0.15) is 0 Å². The Balaban J connectivity index is 1.61. The van der Waals surface area contributed by atoms with E-state index >= 15 is 0 Å². The lowest BCUT2D eigenvalue weighted by atomic mass is 10.1. The maximum absolute atomic E-state index is 12.1. The SMILES string of the molecule is NC1C=CC(C(=O)Nc2cccc(NC(=O)C3CC3)c2)C1. The fourth-order valence-corrected chi connectivity index (χ4v) is 2.42. The number of rotatable bonds is 4. The molecule has 2 aliphatic rings. The number of nitrogens with one attached hydrogen (secondary N) is 2. The zero-order chi connectivity index (χ0) is 14.8. The van der Waals surface area contributed by atoms with E-state index in [1.165, 1.54) is 0 Å². The Bertz CT molecular complexity index is 593. The molecule has 1 fully saturated rings. The van der Waals surface area contributed by atoms with Crippen LogP contribution in [0.25, 0.3) is 0 Å².